The molecule has 0 bridgehead atoms. The fraction of sp³-hybridized carbons (Fsp3) is 0.175. The van der Waals surface area contributed by atoms with Gasteiger partial charge in [-0.25, -0.2) is 9.59 Å². The number of hydrogen-bond donors (Lipinski definition) is 5. The number of methoxy groups -OCH3 is 1. The minimum atomic E-state index is -1.78. The number of phenols is 4. The van der Waals surface area contributed by atoms with Gasteiger partial charge in [-0.1, -0.05) is 24.3 Å². The Hall–Kier alpha value is -6.77. The van der Waals surface area contributed by atoms with Gasteiger partial charge < -0.3 is 53.6 Å². The maximum absolute atomic E-state index is 14.0. The summed E-state index contributed by atoms with van der Waals surface area (Å²) in [6.07, 6.45) is -2.80. The molecule has 4 aromatic carbocycles. The van der Waals surface area contributed by atoms with Gasteiger partial charge in [-0.3, -0.25) is 4.79 Å². The molecule has 6 rings (SSSR count). The lowest BCUT2D eigenvalue weighted by molar-refractivity contribution is -0.275. The van der Waals surface area contributed by atoms with Crippen molar-refractivity contribution in [1.29, 1.82) is 0 Å². The number of aliphatic hydroxyl groups excluding tert-OH is 1. The highest BCUT2D eigenvalue weighted by Gasteiger charge is 2.49. The number of esters is 2. The molecule has 5 atom stereocenters. The van der Waals surface area contributed by atoms with E-state index >= 15 is 0 Å². The molecule has 54 heavy (non-hydrogen) atoms. The Morgan fingerprint density at radius 1 is 0.741 bits per heavy atom. The number of rotatable bonds is 10. The summed E-state index contributed by atoms with van der Waals surface area (Å²) in [6.45, 7) is 1.46. The second-order valence-electron chi connectivity index (χ2n) is 12.1. The molecule has 1 aliphatic rings. The Bertz CT molecular complexity index is 2260. The number of hydrogen-bond acceptors (Lipinski definition) is 14. The number of ether oxygens (including phenoxy) is 5. The lowest BCUT2D eigenvalue weighted by Gasteiger charge is -2.41. The molecule has 1 aromatic heterocycles. The molecule has 2 heterocycles. The zero-order chi connectivity index (χ0) is 38.5. The number of fused-ring (bicyclic) bond motifs is 1. The number of phenolic OH excluding ortho intramolecular Hbond substituents is 4. The van der Waals surface area contributed by atoms with Crippen molar-refractivity contribution in [3.05, 3.63) is 118 Å². The Morgan fingerprint density at radius 3 is 1.85 bits per heavy atom. The van der Waals surface area contributed by atoms with E-state index in [2.05, 4.69) is 0 Å². The molecule has 0 unspecified atom stereocenters. The molecule has 0 saturated carbocycles. The highest BCUT2D eigenvalue weighted by molar-refractivity contribution is 5.89. The third kappa shape index (κ3) is 8.30. The SMILES string of the molecule is COc1ccc(-c2oc3cc(O)cc(O)c3c(=O)c2O[C@@H]2O[C@@H](C)[C@H](OC(=O)/C=C/c3ccc(O)cc3)[C@@H](O)[C@H]2OC(=O)/C=C\c2ccc(O)cc2)cc1. The van der Waals surface area contributed by atoms with Crippen LogP contribution >= 0.6 is 0 Å². The number of carbonyl (C=O) groups excluding carboxylic acids is 2. The van der Waals surface area contributed by atoms with Gasteiger partial charge in [0.05, 0.1) is 13.2 Å². The lowest BCUT2D eigenvalue weighted by Crippen LogP contribution is -2.61. The molecule has 0 amide bonds. The molecule has 5 aromatic rings. The first-order valence-electron chi connectivity index (χ1n) is 16.4. The van der Waals surface area contributed by atoms with Crippen LogP contribution in [0.2, 0.25) is 0 Å². The van der Waals surface area contributed by atoms with Gasteiger partial charge in [0.15, 0.2) is 18.0 Å². The van der Waals surface area contributed by atoms with Gasteiger partial charge in [-0.05, 0) is 78.7 Å². The van der Waals surface area contributed by atoms with Crippen LogP contribution in [0.4, 0.5) is 0 Å². The molecular formula is C40H34O14. The van der Waals surface area contributed by atoms with Crippen molar-refractivity contribution in [2.75, 3.05) is 7.11 Å². The smallest absolute Gasteiger partial charge is 0.331 e. The van der Waals surface area contributed by atoms with Crippen molar-refractivity contribution in [3.8, 4) is 45.8 Å². The Balaban J connectivity index is 1.36. The average molecular weight is 739 g/mol. The molecule has 1 saturated heterocycles. The van der Waals surface area contributed by atoms with Crippen molar-refractivity contribution in [2.45, 2.75) is 37.6 Å². The summed E-state index contributed by atoms with van der Waals surface area (Å²) < 4.78 is 34.6. The minimum Gasteiger partial charge on any atom is -0.508 e. The summed E-state index contributed by atoms with van der Waals surface area (Å²) in [6, 6.07) is 20.3. The van der Waals surface area contributed by atoms with Crippen molar-refractivity contribution in [3.63, 3.8) is 0 Å². The molecule has 1 aliphatic heterocycles. The molecule has 0 spiro atoms. The van der Waals surface area contributed by atoms with E-state index < -0.39 is 59.6 Å². The van der Waals surface area contributed by atoms with Gasteiger partial charge in [0, 0.05) is 29.8 Å². The summed E-state index contributed by atoms with van der Waals surface area (Å²) >= 11 is 0. The van der Waals surface area contributed by atoms with Gasteiger partial charge in [0.1, 0.15) is 45.8 Å². The second kappa shape index (κ2) is 15.9. The highest BCUT2D eigenvalue weighted by atomic mass is 16.7. The first-order chi connectivity index (χ1) is 25.9. The standard InChI is InChI=1S/C40H34O14/c1-21-36(52-31(45)17-7-22-3-11-25(41)12-4-22)35(48)39(53-32(46)18-8-23-5-13-26(42)14-6-23)40(50-21)54-38-34(47)33-29(44)19-27(43)20-30(33)51-37(38)24-9-15-28(49-2)16-10-24/h3-21,35-36,39-44,48H,1-2H3/b17-7+,18-8-/t21-,35+,36-,39+,40-/m0/s1. The summed E-state index contributed by atoms with van der Waals surface area (Å²) in [4.78, 5) is 40.1. The third-order valence-electron chi connectivity index (χ3n) is 8.37. The summed E-state index contributed by atoms with van der Waals surface area (Å²) in [7, 11) is 1.47. The van der Waals surface area contributed by atoms with Crippen LogP contribution in [0.5, 0.6) is 34.5 Å². The summed E-state index contributed by atoms with van der Waals surface area (Å²) in [5.74, 6) is -2.99. The Morgan fingerprint density at radius 2 is 1.30 bits per heavy atom. The van der Waals surface area contributed by atoms with E-state index in [0.717, 1.165) is 24.3 Å². The van der Waals surface area contributed by atoms with Crippen molar-refractivity contribution in [2.24, 2.45) is 0 Å². The maximum atomic E-state index is 14.0. The number of benzene rings is 4. The van der Waals surface area contributed by atoms with E-state index in [1.54, 1.807) is 48.5 Å². The van der Waals surface area contributed by atoms with E-state index in [4.69, 9.17) is 28.1 Å². The highest BCUT2D eigenvalue weighted by Crippen LogP contribution is 2.38. The average Bonchev–Trinajstić information content (AvgIpc) is 3.15. The quantitative estimate of drug-likeness (QED) is 0.0941. The van der Waals surface area contributed by atoms with Crippen LogP contribution in [-0.2, 0) is 23.8 Å². The normalized spacial score (nSPS) is 19.9. The minimum absolute atomic E-state index is 0.0158. The maximum Gasteiger partial charge on any atom is 0.331 e. The zero-order valence-electron chi connectivity index (χ0n) is 28.7. The molecule has 5 N–H and O–H groups in total. The fourth-order valence-electron chi connectivity index (χ4n) is 5.65. The second-order valence-corrected chi connectivity index (χ2v) is 12.1. The first kappa shape index (κ1) is 37.0. The predicted molar refractivity (Wildman–Crippen MR) is 193 cm³/mol. The predicted octanol–water partition coefficient (Wildman–Crippen LogP) is 5.03. The molecule has 1 fully saturated rings. The number of aliphatic hydroxyl groups is 1. The third-order valence-corrected chi connectivity index (χ3v) is 8.37. The van der Waals surface area contributed by atoms with E-state index in [1.807, 2.05) is 0 Å². The van der Waals surface area contributed by atoms with Crippen LogP contribution in [0, 0.1) is 0 Å². The Kier molecular flexibility index (Phi) is 10.9. The molecule has 0 radical (unpaired) electrons. The number of aromatic hydroxyl groups is 4. The summed E-state index contributed by atoms with van der Waals surface area (Å²) in [5.41, 5.74) is 0.332. The molecule has 14 nitrogen and oxygen atoms in total. The molecule has 278 valence electrons. The topological polar surface area (TPSA) is 212 Å². The zero-order valence-corrected chi connectivity index (χ0v) is 28.7. The Labute approximate surface area is 306 Å². The van der Waals surface area contributed by atoms with Crippen LogP contribution in [-0.4, -0.2) is 75.3 Å². The largest absolute Gasteiger partial charge is 0.508 e. The van der Waals surface area contributed by atoms with Gasteiger partial charge in [0.2, 0.25) is 17.5 Å². The van der Waals surface area contributed by atoms with Crippen molar-refractivity contribution < 1.29 is 63.2 Å². The molecule has 0 aliphatic carbocycles. The number of carbonyl (C=O) groups is 2. The fourth-order valence-corrected chi connectivity index (χ4v) is 5.65. The summed E-state index contributed by atoms with van der Waals surface area (Å²) in [5, 5.41) is 51.2. The van der Waals surface area contributed by atoms with Crippen LogP contribution in [0.3, 0.4) is 0 Å². The van der Waals surface area contributed by atoms with E-state index in [9.17, 15) is 39.9 Å². The van der Waals surface area contributed by atoms with Crippen LogP contribution in [0.15, 0.2) is 106 Å². The van der Waals surface area contributed by atoms with Gasteiger partial charge in [-0.2, -0.15) is 0 Å². The molecule has 14 heteroatoms. The van der Waals surface area contributed by atoms with Crippen LogP contribution in [0.1, 0.15) is 18.1 Å². The first-order valence-corrected chi connectivity index (χ1v) is 16.4. The lowest BCUT2D eigenvalue weighted by atomic mass is 9.99. The van der Waals surface area contributed by atoms with Crippen LogP contribution < -0.4 is 14.9 Å². The van der Waals surface area contributed by atoms with E-state index in [-0.39, 0.29) is 34.0 Å². The monoisotopic (exact) mass is 738 g/mol. The van der Waals surface area contributed by atoms with Gasteiger partial charge in [0.25, 0.3) is 0 Å². The van der Waals surface area contributed by atoms with Crippen molar-refractivity contribution >= 4 is 35.1 Å². The van der Waals surface area contributed by atoms with E-state index in [1.165, 1.54) is 50.5 Å². The van der Waals surface area contributed by atoms with E-state index in [0.29, 0.717) is 22.4 Å². The van der Waals surface area contributed by atoms with Gasteiger partial charge >= 0.3 is 11.9 Å². The van der Waals surface area contributed by atoms with Gasteiger partial charge in [-0.15, -0.1) is 0 Å². The van der Waals surface area contributed by atoms with Crippen LogP contribution in [0.25, 0.3) is 34.4 Å². The molecular weight excluding hydrogens is 704 g/mol. The van der Waals surface area contributed by atoms with Crippen molar-refractivity contribution in [1.82, 2.24) is 0 Å².